The Morgan fingerprint density at radius 3 is 2.76 bits per heavy atom. The molecule has 0 bridgehead atoms. The molecule has 2 unspecified atom stereocenters. The zero-order chi connectivity index (χ0) is 18.2. The van der Waals surface area contributed by atoms with Crippen LogP contribution in [0.2, 0.25) is 5.02 Å². The van der Waals surface area contributed by atoms with E-state index < -0.39 is 24.0 Å². The van der Waals surface area contributed by atoms with Crippen LogP contribution in [0.4, 0.5) is 14.7 Å². The number of hydrogen-bond donors (Lipinski definition) is 0. The van der Waals surface area contributed by atoms with Crippen LogP contribution < -0.4 is 4.90 Å². The van der Waals surface area contributed by atoms with Crippen molar-refractivity contribution in [2.75, 3.05) is 31.1 Å². The van der Waals surface area contributed by atoms with Crippen molar-refractivity contribution in [1.29, 1.82) is 0 Å². The van der Waals surface area contributed by atoms with Crippen molar-refractivity contribution in [3.8, 4) is 0 Å². The first-order chi connectivity index (χ1) is 11.8. The van der Waals surface area contributed by atoms with E-state index in [0.717, 1.165) is 25.9 Å². The molecule has 6 nitrogen and oxygen atoms in total. The SMILES string of the molecule is CC1CN(C(=O)c2nc(N3CCCC3)ncc2Cl)CC(C)(C(F)F)O1. The van der Waals surface area contributed by atoms with E-state index in [1.807, 2.05) is 4.90 Å². The zero-order valence-electron chi connectivity index (χ0n) is 14.2. The highest BCUT2D eigenvalue weighted by Crippen LogP contribution is 2.29. The van der Waals surface area contributed by atoms with Crippen LogP contribution in [0.15, 0.2) is 6.20 Å². The number of aromatic nitrogens is 2. The second-order valence-electron chi connectivity index (χ2n) is 6.79. The molecule has 0 aromatic carbocycles. The molecule has 0 spiro atoms. The number of anilines is 1. The maximum Gasteiger partial charge on any atom is 0.274 e. The molecule has 1 aromatic rings. The topological polar surface area (TPSA) is 58.6 Å². The minimum atomic E-state index is -2.70. The number of halogens is 3. The van der Waals surface area contributed by atoms with Gasteiger partial charge in [-0.3, -0.25) is 4.79 Å². The number of morpholine rings is 1. The smallest absolute Gasteiger partial charge is 0.274 e. The molecular formula is C16H21ClF2N4O2. The number of ether oxygens (including phenoxy) is 1. The number of carbonyl (C=O) groups is 1. The Kier molecular flexibility index (Phi) is 5.11. The third-order valence-corrected chi connectivity index (χ3v) is 4.80. The lowest BCUT2D eigenvalue weighted by molar-refractivity contribution is -0.191. The molecule has 1 aromatic heterocycles. The summed E-state index contributed by atoms with van der Waals surface area (Å²) in [6.07, 6.45) is 0.277. The van der Waals surface area contributed by atoms with Crippen LogP contribution in [0.5, 0.6) is 0 Å². The molecule has 0 radical (unpaired) electrons. The lowest BCUT2D eigenvalue weighted by Gasteiger charge is -2.43. The maximum atomic E-state index is 13.3. The first-order valence-electron chi connectivity index (χ1n) is 8.33. The van der Waals surface area contributed by atoms with Gasteiger partial charge in [0, 0.05) is 19.6 Å². The average molecular weight is 375 g/mol. The standard InChI is InChI=1S/C16H21ClF2N4O2/c1-10-8-23(9-16(2,25-10)14(18)19)13(24)12-11(17)7-20-15(21-12)22-5-3-4-6-22/h7,10,14H,3-6,8-9H2,1-2H3. The predicted octanol–water partition coefficient (Wildman–Crippen LogP) is 2.61. The number of amides is 1. The minimum absolute atomic E-state index is 0.0456. The van der Waals surface area contributed by atoms with E-state index in [1.54, 1.807) is 6.92 Å². The zero-order valence-corrected chi connectivity index (χ0v) is 15.0. The average Bonchev–Trinajstić information content (AvgIpc) is 3.08. The van der Waals surface area contributed by atoms with Gasteiger partial charge in [0.1, 0.15) is 5.60 Å². The first-order valence-corrected chi connectivity index (χ1v) is 8.70. The Morgan fingerprint density at radius 1 is 1.44 bits per heavy atom. The number of rotatable bonds is 3. The maximum absolute atomic E-state index is 13.3. The molecule has 25 heavy (non-hydrogen) atoms. The summed E-state index contributed by atoms with van der Waals surface area (Å²) in [4.78, 5) is 24.7. The highest BCUT2D eigenvalue weighted by atomic mass is 35.5. The van der Waals surface area contributed by atoms with Gasteiger partial charge < -0.3 is 14.5 Å². The van der Waals surface area contributed by atoms with Gasteiger partial charge in [0.25, 0.3) is 12.3 Å². The van der Waals surface area contributed by atoms with Gasteiger partial charge in [0.05, 0.1) is 23.9 Å². The van der Waals surface area contributed by atoms with Crippen LogP contribution >= 0.6 is 11.6 Å². The quantitative estimate of drug-likeness (QED) is 0.814. The fourth-order valence-electron chi connectivity index (χ4n) is 3.29. The van der Waals surface area contributed by atoms with Gasteiger partial charge >= 0.3 is 0 Å². The van der Waals surface area contributed by atoms with Crippen LogP contribution in [0.3, 0.4) is 0 Å². The lowest BCUT2D eigenvalue weighted by atomic mass is 10.0. The van der Waals surface area contributed by atoms with E-state index in [2.05, 4.69) is 9.97 Å². The lowest BCUT2D eigenvalue weighted by Crippen LogP contribution is -2.58. The van der Waals surface area contributed by atoms with Gasteiger partial charge in [-0.05, 0) is 26.7 Å². The Bertz CT molecular complexity index is 657. The summed E-state index contributed by atoms with van der Waals surface area (Å²) >= 11 is 6.12. The molecule has 2 atom stereocenters. The number of hydrogen-bond acceptors (Lipinski definition) is 5. The molecule has 0 saturated carbocycles. The molecule has 0 aliphatic carbocycles. The largest absolute Gasteiger partial charge is 0.363 e. The molecule has 3 heterocycles. The van der Waals surface area contributed by atoms with Crippen LogP contribution in [-0.2, 0) is 4.74 Å². The Morgan fingerprint density at radius 2 is 2.12 bits per heavy atom. The molecule has 2 aliphatic heterocycles. The molecule has 2 saturated heterocycles. The Labute approximate surface area is 150 Å². The summed E-state index contributed by atoms with van der Waals surface area (Å²) in [5.41, 5.74) is -1.66. The molecule has 1 amide bonds. The van der Waals surface area contributed by atoms with Gasteiger partial charge in [-0.15, -0.1) is 0 Å². The fourth-order valence-corrected chi connectivity index (χ4v) is 3.46. The summed E-state index contributed by atoms with van der Waals surface area (Å²) in [6, 6.07) is 0. The van der Waals surface area contributed by atoms with Crippen LogP contribution in [0.25, 0.3) is 0 Å². The monoisotopic (exact) mass is 374 g/mol. The first kappa shape index (κ1) is 18.3. The van der Waals surface area contributed by atoms with E-state index >= 15 is 0 Å². The summed E-state index contributed by atoms with van der Waals surface area (Å²) < 4.78 is 32.1. The summed E-state index contributed by atoms with van der Waals surface area (Å²) in [7, 11) is 0. The minimum Gasteiger partial charge on any atom is -0.363 e. The molecule has 2 aliphatic rings. The van der Waals surface area contributed by atoms with E-state index in [4.69, 9.17) is 16.3 Å². The number of carbonyl (C=O) groups excluding carboxylic acids is 1. The molecule has 138 valence electrons. The summed E-state index contributed by atoms with van der Waals surface area (Å²) in [6.45, 7) is 4.62. The Hall–Kier alpha value is -1.54. The highest BCUT2D eigenvalue weighted by Gasteiger charge is 2.45. The van der Waals surface area contributed by atoms with Crippen molar-refractivity contribution in [3.05, 3.63) is 16.9 Å². The van der Waals surface area contributed by atoms with E-state index in [0.29, 0.717) is 5.95 Å². The predicted molar refractivity (Wildman–Crippen MR) is 89.3 cm³/mol. The molecule has 2 fully saturated rings. The van der Waals surface area contributed by atoms with Crippen molar-refractivity contribution in [2.45, 2.75) is 44.8 Å². The number of alkyl halides is 2. The van der Waals surface area contributed by atoms with E-state index in [1.165, 1.54) is 18.0 Å². The number of nitrogens with zero attached hydrogens (tertiary/aromatic N) is 4. The molecule has 9 heteroatoms. The van der Waals surface area contributed by atoms with Crippen molar-refractivity contribution in [1.82, 2.24) is 14.9 Å². The molecule has 0 N–H and O–H groups in total. The van der Waals surface area contributed by atoms with Gasteiger partial charge in [-0.1, -0.05) is 11.6 Å². The van der Waals surface area contributed by atoms with Crippen molar-refractivity contribution in [3.63, 3.8) is 0 Å². The van der Waals surface area contributed by atoms with Crippen molar-refractivity contribution < 1.29 is 18.3 Å². The molecule has 3 rings (SSSR count). The Balaban J connectivity index is 1.85. The second kappa shape index (κ2) is 6.99. The van der Waals surface area contributed by atoms with E-state index in [9.17, 15) is 13.6 Å². The molecular weight excluding hydrogens is 354 g/mol. The van der Waals surface area contributed by atoms with Crippen LogP contribution in [0, 0.1) is 0 Å². The highest BCUT2D eigenvalue weighted by molar-refractivity contribution is 6.33. The fraction of sp³-hybridized carbons (Fsp3) is 0.688. The third kappa shape index (κ3) is 3.69. The summed E-state index contributed by atoms with van der Waals surface area (Å²) in [5.74, 6) is -0.0296. The second-order valence-corrected chi connectivity index (χ2v) is 7.20. The van der Waals surface area contributed by atoms with E-state index in [-0.39, 0.29) is 23.8 Å². The van der Waals surface area contributed by atoms with Gasteiger partial charge in [0.15, 0.2) is 5.69 Å². The van der Waals surface area contributed by atoms with Crippen LogP contribution in [-0.4, -0.2) is 65.1 Å². The van der Waals surface area contributed by atoms with Crippen LogP contribution in [0.1, 0.15) is 37.2 Å². The van der Waals surface area contributed by atoms with Gasteiger partial charge in [-0.2, -0.15) is 0 Å². The third-order valence-electron chi connectivity index (χ3n) is 4.52. The van der Waals surface area contributed by atoms with Crippen molar-refractivity contribution >= 4 is 23.5 Å². The summed E-state index contributed by atoms with van der Waals surface area (Å²) in [5, 5.41) is 0.117. The van der Waals surface area contributed by atoms with Gasteiger partial charge in [0.2, 0.25) is 5.95 Å². The van der Waals surface area contributed by atoms with Gasteiger partial charge in [-0.25, -0.2) is 18.7 Å². The van der Waals surface area contributed by atoms with Crippen molar-refractivity contribution in [2.24, 2.45) is 0 Å². The normalized spacial score (nSPS) is 27.2.